The molecular formula is C20H21N3O4. The molecule has 0 aliphatic rings. The van der Waals surface area contributed by atoms with Crippen LogP contribution in [0.3, 0.4) is 0 Å². The number of hydrogen-bond donors (Lipinski definition) is 1. The number of hydrogen-bond acceptors (Lipinski definition) is 6. The van der Waals surface area contributed by atoms with Gasteiger partial charge in [-0.1, -0.05) is 12.1 Å². The second kappa shape index (κ2) is 8.35. The van der Waals surface area contributed by atoms with E-state index >= 15 is 0 Å². The van der Waals surface area contributed by atoms with Gasteiger partial charge in [0.25, 0.3) is 5.91 Å². The molecule has 0 atom stereocenters. The molecule has 0 bridgehead atoms. The Balaban J connectivity index is 1.57. The van der Waals surface area contributed by atoms with Crippen LogP contribution < -0.4 is 14.8 Å². The van der Waals surface area contributed by atoms with Gasteiger partial charge in [-0.3, -0.25) is 9.78 Å². The monoisotopic (exact) mass is 367 g/mol. The summed E-state index contributed by atoms with van der Waals surface area (Å²) in [6.45, 7) is 4.28. The molecule has 0 aliphatic heterocycles. The molecule has 0 unspecified atom stereocenters. The molecule has 3 aromatic rings. The molecule has 1 amide bonds. The quantitative estimate of drug-likeness (QED) is 0.690. The predicted octanol–water partition coefficient (Wildman–Crippen LogP) is 3.20. The predicted molar refractivity (Wildman–Crippen MR) is 98.7 cm³/mol. The summed E-state index contributed by atoms with van der Waals surface area (Å²) in [5, 5.41) is 2.77. The maximum atomic E-state index is 12.2. The second-order valence-corrected chi connectivity index (χ2v) is 6.02. The van der Waals surface area contributed by atoms with Gasteiger partial charge in [0.1, 0.15) is 6.26 Å². The van der Waals surface area contributed by atoms with Gasteiger partial charge in [-0.25, -0.2) is 4.98 Å². The lowest BCUT2D eigenvalue weighted by molar-refractivity contribution is 0.0945. The first-order chi connectivity index (χ1) is 13.0. The van der Waals surface area contributed by atoms with Crippen LogP contribution in [-0.2, 0) is 13.2 Å². The maximum absolute atomic E-state index is 12.2. The van der Waals surface area contributed by atoms with Crippen molar-refractivity contribution < 1.29 is 18.7 Å². The topological polar surface area (TPSA) is 86.5 Å². The normalized spacial score (nSPS) is 10.5. The van der Waals surface area contributed by atoms with E-state index in [1.807, 2.05) is 50.2 Å². The average molecular weight is 367 g/mol. The molecule has 0 aliphatic carbocycles. The van der Waals surface area contributed by atoms with Crippen molar-refractivity contribution in [3.8, 4) is 11.5 Å². The van der Waals surface area contributed by atoms with E-state index in [1.54, 1.807) is 7.11 Å². The molecule has 1 aromatic carbocycles. The highest BCUT2D eigenvalue weighted by atomic mass is 16.5. The van der Waals surface area contributed by atoms with Crippen molar-refractivity contribution >= 4 is 5.91 Å². The van der Waals surface area contributed by atoms with Crippen molar-refractivity contribution in [2.45, 2.75) is 27.0 Å². The summed E-state index contributed by atoms with van der Waals surface area (Å²) in [6, 6.07) is 11.3. The molecule has 7 nitrogen and oxygen atoms in total. The molecule has 7 heteroatoms. The summed E-state index contributed by atoms with van der Waals surface area (Å²) in [6.07, 6.45) is 1.31. The molecule has 0 radical (unpaired) electrons. The van der Waals surface area contributed by atoms with Gasteiger partial charge in [-0.05, 0) is 43.7 Å². The number of oxazole rings is 1. The summed E-state index contributed by atoms with van der Waals surface area (Å²) >= 11 is 0. The minimum absolute atomic E-state index is 0.0894. The number of benzene rings is 1. The van der Waals surface area contributed by atoms with Gasteiger partial charge in [0.15, 0.2) is 23.8 Å². The van der Waals surface area contributed by atoms with E-state index < -0.39 is 0 Å². The summed E-state index contributed by atoms with van der Waals surface area (Å²) < 4.78 is 16.3. The van der Waals surface area contributed by atoms with E-state index in [2.05, 4.69) is 15.3 Å². The lowest BCUT2D eigenvalue weighted by atomic mass is 10.2. The number of nitrogens with one attached hydrogen (secondary N) is 1. The summed E-state index contributed by atoms with van der Waals surface area (Å²) in [5.74, 6) is 1.18. The van der Waals surface area contributed by atoms with Crippen LogP contribution in [0.1, 0.15) is 33.3 Å². The van der Waals surface area contributed by atoms with Crippen LogP contribution in [0.25, 0.3) is 0 Å². The van der Waals surface area contributed by atoms with Crippen molar-refractivity contribution in [2.24, 2.45) is 0 Å². The van der Waals surface area contributed by atoms with E-state index in [4.69, 9.17) is 13.9 Å². The fourth-order valence-electron chi connectivity index (χ4n) is 2.47. The molecule has 3 rings (SSSR count). The van der Waals surface area contributed by atoms with Crippen molar-refractivity contribution in [2.75, 3.05) is 7.11 Å². The highest BCUT2D eigenvalue weighted by Crippen LogP contribution is 2.28. The zero-order valence-electron chi connectivity index (χ0n) is 15.5. The van der Waals surface area contributed by atoms with Crippen molar-refractivity contribution in [3.63, 3.8) is 0 Å². The van der Waals surface area contributed by atoms with E-state index in [0.717, 1.165) is 17.0 Å². The van der Waals surface area contributed by atoms with Crippen molar-refractivity contribution in [1.29, 1.82) is 0 Å². The molecule has 0 saturated heterocycles. The number of rotatable bonds is 7. The highest BCUT2D eigenvalue weighted by molar-refractivity contribution is 5.91. The zero-order valence-corrected chi connectivity index (χ0v) is 15.5. The summed E-state index contributed by atoms with van der Waals surface area (Å²) in [5.41, 5.74) is 2.94. The number of carbonyl (C=O) groups excluding carboxylic acids is 1. The van der Waals surface area contributed by atoms with Crippen LogP contribution in [0.2, 0.25) is 0 Å². The fraction of sp³-hybridized carbons (Fsp3) is 0.250. The first-order valence-electron chi connectivity index (χ1n) is 8.47. The molecule has 2 aromatic heterocycles. The molecule has 0 fully saturated rings. The Kier molecular flexibility index (Phi) is 5.71. The number of methoxy groups -OCH3 is 1. The van der Waals surface area contributed by atoms with Crippen molar-refractivity contribution in [3.05, 3.63) is 71.2 Å². The van der Waals surface area contributed by atoms with E-state index in [-0.39, 0.29) is 18.2 Å². The van der Waals surface area contributed by atoms with Gasteiger partial charge < -0.3 is 19.2 Å². The van der Waals surface area contributed by atoms with E-state index in [9.17, 15) is 4.79 Å². The smallest absolute Gasteiger partial charge is 0.273 e. The summed E-state index contributed by atoms with van der Waals surface area (Å²) in [7, 11) is 1.58. The van der Waals surface area contributed by atoms with Gasteiger partial charge in [0.05, 0.1) is 19.3 Å². The van der Waals surface area contributed by atoms with Crippen LogP contribution in [0.4, 0.5) is 0 Å². The maximum Gasteiger partial charge on any atom is 0.273 e. The van der Waals surface area contributed by atoms with Crippen LogP contribution in [0.5, 0.6) is 11.5 Å². The number of pyridine rings is 1. The number of ether oxygens (including phenoxy) is 2. The number of carbonyl (C=O) groups is 1. The van der Waals surface area contributed by atoms with E-state index in [0.29, 0.717) is 23.9 Å². The molecule has 1 N–H and O–H groups in total. The Morgan fingerprint density at radius 1 is 1.15 bits per heavy atom. The van der Waals surface area contributed by atoms with Crippen molar-refractivity contribution in [1.82, 2.24) is 15.3 Å². The van der Waals surface area contributed by atoms with Gasteiger partial charge in [-0.2, -0.15) is 0 Å². The third-order valence-electron chi connectivity index (χ3n) is 3.83. The lowest BCUT2D eigenvalue weighted by Crippen LogP contribution is -2.23. The lowest BCUT2D eigenvalue weighted by Gasteiger charge is -2.09. The fourth-order valence-corrected chi connectivity index (χ4v) is 2.47. The number of aryl methyl sites for hydroxylation is 2. The third-order valence-corrected chi connectivity index (χ3v) is 3.83. The minimum atomic E-state index is -0.332. The standard InChI is InChI=1S/C20H21N3O4/c1-13-7-8-17(18(9-13)25-3)26-12-19-23-16(11-27-19)20(24)21-10-15-6-4-5-14(2)22-15/h4-9,11H,10,12H2,1-3H3,(H,21,24). The Morgan fingerprint density at radius 2 is 2.00 bits per heavy atom. The number of aromatic nitrogens is 2. The number of nitrogens with zero attached hydrogens (tertiary/aromatic N) is 2. The zero-order chi connectivity index (χ0) is 19.2. The van der Waals surface area contributed by atoms with E-state index in [1.165, 1.54) is 6.26 Å². The molecular weight excluding hydrogens is 346 g/mol. The van der Waals surface area contributed by atoms with Crippen LogP contribution in [-0.4, -0.2) is 23.0 Å². The van der Waals surface area contributed by atoms with Crippen LogP contribution >= 0.6 is 0 Å². The second-order valence-electron chi connectivity index (χ2n) is 6.02. The Bertz CT molecular complexity index is 936. The SMILES string of the molecule is COc1cc(C)ccc1OCc1nc(C(=O)NCc2cccc(C)n2)co1. The highest BCUT2D eigenvalue weighted by Gasteiger charge is 2.13. The summed E-state index contributed by atoms with van der Waals surface area (Å²) in [4.78, 5) is 20.7. The molecule has 2 heterocycles. The largest absolute Gasteiger partial charge is 0.493 e. The Morgan fingerprint density at radius 3 is 2.78 bits per heavy atom. The Labute approximate surface area is 157 Å². The van der Waals surface area contributed by atoms with Gasteiger partial charge in [-0.15, -0.1) is 0 Å². The van der Waals surface area contributed by atoms with Crippen LogP contribution in [0, 0.1) is 13.8 Å². The molecule has 0 saturated carbocycles. The Hall–Kier alpha value is -3.35. The third kappa shape index (κ3) is 4.84. The van der Waals surface area contributed by atoms with Crippen LogP contribution in [0.15, 0.2) is 47.1 Å². The first-order valence-corrected chi connectivity index (χ1v) is 8.47. The molecule has 0 spiro atoms. The molecule has 27 heavy (non-hydrogen) atoms. The number of amides is 1. The average Bonchev–Trinajstić information content (AvgIpc) is 3.14. The minimum Gasteiger partial charge on any atom is -0.493 e. The van der Waals surface area contributed by atoms with Gasteiger partial charge in [0.2, 0.25) is 5.89 Å². The van der Waals surface area contributed by atoms with Gasteiger partial charge in [0, 0.05) is 5.69 Å². The first kappa shape index (κ1) is 18.4. The molecule has 140 valence electrons. The van der Waals surface area contributed by atoms with Gasteiger partial charge >= 0.3 is 0 Å².